The quantitative estimate of drug-likeness (QED) is 0.794. The molecule has 0 saturated carbocycles. The Hall–Kier alpha value is -1.36. The van der Waals surface area contributed by atoms with Gasteiger partial charge in [-0.05, 0) is 70.7 Å². The van der Waals surface area contributed by atoms with Crippen LogP contribution in [0.3, 0.4) is 0 Å². The number of rotatable bonds is 3. The maximum absolute atomic E-state index is 12.7. The van der Waals surface area contributed by atoms with Gasteiger partial charge in [-0.15, -0.1) is 0 Å². The number of carbonyl (C=O) groups is 1. The highest BCUT2D eigenvalue weighted by molar-refractivity contribution is 7.93. The second-order valence-corrected chi connectivity index (χ2v) is 10.2. The Morgan fingerprint density at radius 2 is 1.57 bits per heavy atom. The van der Waals surface area contributed by atoms with E-state index in [0.717, 1.165) is 18.6 Å². The Balaban J connectivity index is 1.72. The molecule has 23 heavy (non-hydrogen) atoms. The first-order valence-electron chi connectivity index (χ1n) is 8.23. The molecule has 1 aromatic rings. The standard InChI is InChI=1S/C18H24O4S/c1-18(2,3)22-14-6-4-12(5-7-14)17(19)13-10-15-8-9-16(11-13)23(15,20)21/h4-7,13,15-16H,8-11H2,1-3H3. The predicted molar refractivity (Wildman–Crippen MR) is 89.6 cm³/mol. The molecule has 2 saturated heterocycles. The van der Waals surface area contributed by atoms with Crippen LogP contribution < -0.4 is 4.74 Å². The zero-order chi connectivity index (χ0) is 16.8. The molecule has 2 aliphatic rings. The van der Waals surface area contributed by atoms with Crippen LogP contribution in [-0.4, -0.2) is 30.3 Å². The Morgan fingerprint density at radius 1 is 1.04 bits per heavy atom. The largest absolute Gasteiger partial charge is 0.488 e. The van der Waals surface area contributed by atoms with E-state index in [1.54, 1.807) is 12.1 Å². The molecular weight excluding hydrogens is 312 g/mol. The number of hydrogen-bond donors (Lipinski definition) is 0. The van der Waals surface area contributed by atoms with Gasteiger partial charge in [0.05, 0.1) is 10.5 Å². The molecule has 2 aliphatic heterocycles. The van der Waals surface area contributed by atoms with Crippen molar-refractivity contribution in [2.24, 2.45) is 5.92 Å². The average molecular weight is 336 g/mol. The molecule has 5 heteroatoms. The van der Waals surface area contributed by atoms with Crippen molar-refractivity contribution >= 4 is 15.6 Å². The highest BCUT2D eigenvalue weighted by atomic mass is 32.2. The molecule has 0 amide bonds. The van der Waals surface area contributed by atoms with E-state index in [-0.39, 0.29) is 27.8 Å². The molecule has 2 fully saturated rings. The van der Waals surface area contributed by atoms with E-state index in [2.05, 4.69) is 0 Å². The van der Waals surface area contributed by atoms with Gasteiger partial charge < -0.3 is 4.74 Å². The lowest BCUT2D eigenvalue weighted by Crippen LogP contribution is -2.36. The monoisotopic (exact) mass is 336 g/mol. The molecule has 0 aromatic heterocycles. The van der Waals surface area contributed by atoms with Gasteiger partial charge in [0, 0.05) is 11.5 Å². The van der Waals surface area contributed by atoms with E-state index in [0.29, 0.717) is 18.4 Å². The van der Waals surface area contributed by atoms with Crippen molar-refractivity contribution in [3.8, 4) is 5.75 Å². The Bertz CT molecular complexity index is 678. The summed E-state index contributed by atoms with van der Waals surface area (Å²) >= 11 is 0. The summed E-state index contributed by atoms with van der Waals surface area (Å²) < 4.78 is 30.0. The van der Waals surface area contributed by atoms with Crippen molar-refractivity contribution < 1.29 is 17.9 Å². The molecule has 0 spiro atoms. The third-order valence-electron chi connectivity index (χ3n) is 4.77. The summed E-state index contributed by atoms with van der Waals surface area (Å²) in [5.74, 6) is 0.643. The molecular formula is C18H24O4S. The highest BCUT2D eigenvalue weighted by Gasteiger charge is 2.48. The molecule has 4 nitrogen and oxygen atoms in total. The zero-order valence-corrected chi connectivity index (χ0v) is 14.7. The Labute approximate surface area is 138 Å². The van der Waals surface area contributed by atoms with E-state index < -0.39 is 9.84 Å². The van der Waals surface area contributed by atoms with Crippen LogP contribution in [0.2, 0.25) is 0 Å². The van der Waals surface area contributed by atoms with E-state index >= 15 is 0 Å². The summed E-state index contributed by atoms with van der Waals surface area (Å²) in [6.07, 6.45) is 2.40. The van der Waals surface area contributed by atoms with E-state index in [1.165, 1.54) is 0 Å². The van der Waals surface area contributed by atoms with Crippen LogP contribution in [0.25, 0.3) is 0 Å². The minimum atomic E-state index is -2.98. The first-order valence-corrected chi connectivity index (χ1v) is 9.84. The second kappa shape index (κ2) is 5.62. The number of carbonyl (C=O) groups excluding carboxylic acids is 1. The molecule has 0 radical (unpaired) electrons. The van der Waals surface area contributed by atoms with Gasteiger partial charge in [-0.3, -0.25) is 4.79 Å². The van der Waals surface area contributed by atoms with Crippen molar-refractivity contribution in [2.75, 3.05) is 0 Å². The van der Waals surface area contributed by atoms with Gasteiger partial charge in [-0.25, -0.2) is 8.42 Å². The summed E-state index contributed by atoms with van der Waals surface area (Å²) in [5, 5.41) is -0.614. The van der Waals surface area contributed by atoms with Gasteiger partial charge in [-0.2, -0.15) is 0 Å². The summed E-state index contributed by atoms with van der Waals surface area (Å²) in [4.78, 5) is 12.7. The van der Waals surface area contributed by atoms with E-state index in [4.69, 9.17) is 4.74 Å². The van der Waals surface area contributed by atoms with Gasteiger partial charge in [0.2, 0.25) is 0 Å². The fourth-order valence-corrected chi connectivity index (χ4v) is 6.17. The molecule has 2 bridgehead atoms. The van der Waals surface area contributed by atoms with Crippen molar-refractivity contribution in [3.63, 3.8) is 0 Å². The number of hydrogen-bond acceptors (Lipinski definition) is 4. The molecule has 2 atom stereocenters. The van der Waals surface area contributed by atoms with Crippen molar-refractivity contribution in [3.05, 3.63) is 29.8 Å². The molecule has 2 unspecified atom stereocenters. The Kier molecular flexibility index (Phi) is 4.03. The van der Waals surface area contributed by atoms with Crippen LogP contribution >= 0.6 is 0 Å². The van der Waals surface area contributed by atoms with Crippen LogP contribution in [0.5, 0.6) is 5.75 Å². The fourth-order valence-electron chi connectivity index (χ4n) is 3.70. The third-order valence-corrected chi connectivity index (χ3v) is 7.48. The minimum Gasteiger partial charge on any atom is -0.488 e. The fraction of sp³-hybridized carbons (Fsp3) is 0.611. The second-order valence-electron chi connectivity index (χ2n) is 7.68. The number of fused-ring (bicyclic) bond motifs is 2. The lowest BCUT2D eigenvalue weighted by Gasteiger charge is -2.27. The van der Waals surface area contributed by atoms with Gasteiger partial charge in [-0.1, -0.05) is 0 Å². The first kappa shape index (κ1) is 16.5. The molecule has 2 heterocycles. The topological polar surface area (TPSA) is 60.4 Å². The van der Waals surface area contributed by atoms with Crippen LogP contribution in [0.15, 0.2) is 24.3 Å². The first-order chi connectivity index (χ1) is 10.7. The average Bonchev–Trinajstić information content (AvgIpc) is 2.66. The Morgan fingerprint density at radius 3 is 2.04 bits per heavy atom. The zero-order valence-electron chi connectivity index (χ0n) is 13.9. The molecule has 3 rings (SSSR count). The number of ketones is 1. The molecule has 126 valence electrons. The maximum Gasteiger partial charge on any atom is 0.166 e. The SMILES string of the molecule is CC(C)(C)Oc1ccc(C(=O)C2CC3CCC(C2)S3(=O)=O)cc1. The normalized spacial score (nSPS) is 29.3. The molecule has 1 aromatic carbocycles. The van der Waals surface area contributed by atoms with Gasteiger partial charge in [0.15, 0.2) is 15.6 Å². The van der Waals surface area contributed by atoms with Crippen molar-refractivity contribution in [2.45, 2.75) is 62.6 Å². The maximum atomic E-state index is 12.7. The van der Waals surface area contributed by atoms with Gasteiger partial charge in [0.25, 0.3) is 0 Å². The van der Waals surface area contributed by atoms with Gasteiger partial charge >= 0.3 is 0 Å². The van der Waals surface area contributed by atoms with Crippen LogP contribution in [0.1, 0.15) is 56.8 Å². The van der Waals surface area contributed by atoms with E-state index in [1.807, 2.05) is 32.9 Å². The lowest BCUT2D eigenvalue weighted by atomic mass is 9.90. The number of ether oxygens (including phenoxy) is 1. The minimum absolute atomic E-state index is 0.0686. The summed E-state index contributed by atoms with van der Waals surface area (Å²) in [6, 6.07) is 7.20. The van der Waals surface area contributed by atoms with E-state index in [9.17, 15) is 13.2 Å². The molecule has 0 N–H and O–H groups in total. The number of sulfone groups is 1. The molecule has 0 aliphatic carbocycles. The summed E-state index contributed by atoms with van der Waals surface area (Å²) in [6.45, 7) is 5.93. The van der Waals surface area contributed by atoms with Crippen LogP contribution in [0.4, 0.5) is 0 Å². The summed E-state index contributed by atoms with van der Waals surface area (Å²) in [7, 11) is -2.98. The summed E-state index contributed by atoms with van der Waals surface area (Å²) in [5.41, 5.74) is 0.373. The lowest BCUT2D eigenvalue weighted by molar-refractivity contribution is 0.0905. The number of benzene rings is 1. The number of Topliss-reactive ketones (excluding diaryl/α,β-unsaturated/α-hetero) is 1. The smallest absolute Gasteiger partial charge is 0.166 e. The van der Waals surface area contributed by atoms with Gasteiger partial charge in [0.1, 0.15) is 11.4 Å². The third kappa shape index (κ3) is 3.30. The van der Waals surface area contributed by atoms with Crippen molar-refractivity contribution in [1.82, 2.24) is 0 Å². The van der Waals surface area contributed by atoms with Crippen LogP contribution in [-0.2, 0) is 9.84 Å². The van der Waals surface area contributed by atoms with Crippen LogP contribution in [0, 0.1) is 5.92 Å². The predicted octanol–water partition coefficient (Wildman–Crippen LogP) is 3.40. The highest BCUT2D eigenvalue weighted by Crippen LogP contribution is 2.42. The van der Waals surface area contributed by atoms with Crippen molar-refractivity contribution in [1.29, 1.82) is 0 Å².